The molecular formula is C24H27FN4O4. The van der Waals surface area contributed by atoms with E-state index in [0.717, 1.165) is 17.4 Å². The molecule has 2 heterocycles. The van der Waals surface area contributed by atoms with Crippen molar-refractivity contribution in [1.82, 2.24) is 14.9 Å². The monoisotopic (exact) mass is 454 g/mol. The summed E-state index contributed by atoms with van der Waals surface area (Å²) in [6.07, 6.45) is -0.167. The largest absolute Gasteiger partial charge is 0.507 e. The first kappa shape index (κ1) is 22.7. The first-order chi connectivity index (χ1) is 15.9. The predicted octanol–water partition coefficient (Wildman–Crippen LogP) is 3.90. The molecule has 2 N–H and O–H groups in total. The van der Waals surface area contributed by atoms with Gasteiger partial charge in [0.2, 0.25) is 0 Å². The van der Waals surface area contributed by atoms with Crippen molar-refractivity contribution in [2.45, 2.75) is 13.3 Å². The molecule has 0 spiro atoms. The fourth-order valence-electron chi connectivity index (χ4n) is 4.26. The van der Waals surface area contributed by atoms with Gasteiger partial charge in [0, 0.05) is 38.7 Å². The number of halogens is 1. The molecule has 1 amide bonds. The Kier molecular flexibility index (Phi) is 6.60. The lowest BCUT2D eigenvalue weighted by Crippen LogP contribution is -2.37. The highest BCUT2D eigenvalue weighted by molar-refractivity contribution is 5.92. The summed E-state index contributed by atoms with van der Waals surface area (Å²) in [4.78, 5) is 24.3. The van der Waals surface area contributed by atoms with Crippen LogP contribution < -0.4 is 4.90 Å². The molecule has 9 heteroatoms. The highest BCUT2D eigenvalue weighted by Gasteiger charge is 2.29. The van der Waals surface area contributed by atoms with Crippen molar-refractivity contribution in [2.75, 3.05) is 44.8 Å². The van der Waals surface area contributed by atoms with E-state index >= 15 is 0 Å². The van der Waals surface area contributed by atoms with Crippen molar-refractivity contribution in [3.05, 3.63) is 47.8 Å². The first-order valence-corrected chi connectivity index (χ1v) is 10.9. The van der Waals surface area contributed by atoms with Crippen LogP contribution in [0, 0.1) is 18.7 Å². The molecule has 0 aliphatic carbocycles. The van der Waals surface area contributed by atoms with Gasteiger partial charge in [0.15, 0.2) is 5.82 Å². The van der Waals surface area contributed by atoms with Crippen molar-refractivity contribution in [1.29, 1.82) is 0 Å². The fraction of sp³-hybridized carbons (Fsp3) is 0.375. The molecule has 1 aliphatic heterocycles. The second kappa shape index (κ2) is 9.58. The number of hydrogen-bond donors (Lipinski definition) is 2. The van der Waals surface area contributed by atoms with Crippen LogP contribution in [0.4, 0.5) is 15.0 Å². The Morgan fingerprint density at radius 2 is 2.12 bits per heavy atom. The van der Waals surface area contributed by atoms with Crippen LogP contribution in [-0.4, -0.2) is 71.1 Å². The maximum Gasteiger partial charge on any atom is 0.407 e. The Morgan fingerprint density at radius 1 is 1.30 bits per heavy atom. The highest BCUT2D eigenvalue weighted by atomic mass is 19.1. The molecule has 0 bridgehead atoms. The molecule has 0 radical (unpaired) electrons. The lowest BCUT2D eigenvalue weighted by atomic mass is 10.1. The standard InChI is InChI=1S/C24H27FN4O4/c1-15-6-7-17-19(12-15)26-22(21-18(25)4-3-5-20(21)30)27-23(17)28-9-8-16(13-28)14-29(24(31)32)10-11-33-2/h3-7,12,16,30H,8-11,13-14H2,1-2H3,(H,31,32)/t16-/m0/s1. The van der Waals surface area contributed by atoms with Crippen LogP contribution in [0.2, 0.25) is 0 Å². The van der Waals surface area contributed by atoms with Gasteiger partial charge in [0.1, 0.15) is 17.4 Å². The number of phenols is 1. The van der Waals surface area contributed by atoms with Gasteiger partial charge in [-0.15, -0.1) is 0 Å². The van der Waals surface area contributed by atoms with Crippen LogP contribution in [0.1, 0.15) is 12.0 Å². The lowest BCUT2D eigenvalue weighted by molar-refractivity contribution is 0.112. The summed E-state index contributed by atoms with van der Waals surface area (Å²) >= 11 is 0. The molecule has 3 aromatic rings. The van der Waals surface area contributed by atoms with Gasteiger partial charge in [-0.1, -0.05) is 12.1 Å². The van der Waals surface area contributed by atoms with Crippen LogP contribution in [0.25, 0.3) is 22.3 Å². The molecular weight excluding hydrogens is 427 g/mol. The van der Waals surface area contributed by atoms with Crippen molar-refractivity contribution >= 4 is 22.8 Å². The average molecular weight is 455 g/mol. The molecule has 0 saturated carbocycles. The number of nitrogens with zero attached hydrogens (tertiary/aromatic N) is 4. The molecule has 8 nitrogen and oxygen atoms in total. The van der Waals surface area contributed by atoms with Gasteiger partial charge in [0.25, 0.3) is 0 Å². The van der Waals surface area contributed by atoms with Crippen molar-refractivity contribution in [2.24, 2.45) is 5.92 Å². The smallest absolute Gasteiger partial charge is 0.407 e. The lowest BCUT2D eigenvalue weighted by Gasteiger charge is -2.24. The van der Waals surface area contributed by atoms with E-state index in [1.807, 2.05) is 25.1 Å². The quantitative estimate of drug-likeness (QED) is 0.559. The normalized spacial score (nSPS) is 15.8. The van der Waals surface area contributed by atoms with Crippen molar-refractivity contribution < 1.29 is 24.1 Å². The number of benzene rings is 2. The number of aryl methyl sites for hydroxylation is 1. The summed E-state index contributed by atoms with van der Waals surface area (Å²) in [5.41, 5.74) is 1.63. The van der Waals surface area contributed by atoms with Crippen molar-refractivity contribution in [3.63, 3.8) is 0 Å². The van der Waals surface area contributed by atoms with E-state index in [1.165, 1.54) is 23.1 Å². The number of anilines is 1. The summed E-state index contributed by atoms with van der Waals surface area (Å²) in [6, 6.07) is 9.94. The number of aromatic hydroxyl groups is 1. The molecule has 1 aliphatic rings. The molecule has 4 rings (SSSR count). The maximum absolute atomic E-state index is 14.6. The van der Waals surface area contributed by atoms with E-state index in [-0.39, 0.29) is 23.1 Å². The number of fused-ring (bicyclic) bond motifs is 1. The number of hydrogen-bond acceptors (Lipinski definition) is 6. The van der Waals surface area contributed by atoms with E-state index in [1.54, 1.807) is 7.11 Å². The third kappa shape index (κ3) is 4.83. The van der Waals surface area contributed by atoms with Crippen molar-refractivity contribution in [3.8, 4) is 17.1 Å². The van der Waals surface area contributed by atoms with Crippen LogP contribution in [-0.2, 0) is 4.74 Å². The molecule has 1 saturated heterocycles. The summed E-state index contributed by atoms with van der Waals surface area (Å²) in [5, 5.41) is 20.6. The minimum atomic E-state index is -0.967. The predicted molar refractivity (Wildman–Crippen MR) is 123 cm³/mol. The van der Waals surface area contributed by atoms with Gasteiger partial charge in [-0.2, -0.15) is 0 Å². The average Bonchev–Trinajstić information content (AvgIpc) is 3.24. The first-order valence-electron chi connectivity index (χ1n) is 10.9. The number of aromatic nitrogens is 2. The Labute approximate surface area is 191 Å². The van der Waals surface area contributed by atoms with Gasteiger partial charge in [0.05, 0.1) is 17.7 Å². The minimum absolute atomic E-state index is 0.0329. The summed E-state index contributed by atoms with van der Waals surface area (Å²) in [6.45, 7) is 4.31. The second-order valence-electron chi connectivity index (χ2n) is 8.35. The molecule has 2 aromatic carbocycles. The van der Waals surface area contributed by atoms with E-state index in [9.17, 15) is 19.4 Å². The van der Waals surface area contributed by atoms with E-state index < -0.39 is 11.9 Å². The van der Waals surface area contributed by atoms with E-state index in [0.29, 0.717) is 44.1 Å². The second-order valence-corrected chi connectivity index (χ2v) is 8.35. The fourth-order valence-corrected chi connectivity index (χ4v) is 4.26. The number of amides is 1. The maximum atomic E-state index is 14.6. The Morgan fingerprint density at radius 3 is 2.85 bits per heavy atom. The number of ether oxygens (including phenoxy) is 1. The SMILES string of the molecule is COCCN(C[C@H]1CCN(c2nc(-c3c(O)cccc3F)nc3cc(C)ccc23)C1)C(=O)O. The number of rotatable bonds is 7. The van der Waals surface area contributed by atoms with Gasteiger partial charge < -0.3 is 24.7 Å². The number of phenolic OH excluding ortho intramolecular Hbond substituents is 1. The van der Waals surface area contributed by atoms with Gasteiger partial charge >= 0.3 is 6.09 Å². The highest BCUT2D eigenvalue weighted by Crippen LogP contribution is 2.35. The zero-order chi connectivity index (χ0) is 23.5. The molecule has 1 aromatic heterocycles. The van der Waals surface area contributed by atoms with Crippen LogP contribution >= 0.6 is 0 Å². The molecule has 174 valence electrons. The minimum Gasteiger partial charge on any atom is -0.507 e. The third-order valence-corrected chi connectivity index (χ3v) is 5.95. The molecule has 33 heavy (non-hydrogen) atoms. The zero-order valence-electron chi connectivity index (χ0n) is 18.7. The van der Waals surface area contributed by atoms with Crippen LogP contribution in [0.5, 0.6) is 5.75 Å². The molecule has 0 unspecified atom stereocenters. The van der Waals surface area contributed by atoms with Crippen LogP contribution in [0.15, 0.2) is 36.4 Å². The zero-order valence-corrected chi connectivity index (χ0v) is 18.7. The summed E-state index contributed by atoms with van der Waals surface area (Å²) in [7, 11) is 1.55. The Bertz CT molecular complexity index is 1150. The summed E-state index contributed by atoms with van der Waals surface area (Å²) in [5.74, 6) is 0.0806. The summed E-state index contributed by atoms with van der Waals surface area (Å²) < 4.78 is 19.6. The van der Waals surface area contributed by atoms with Gasteiger partial charge in [-0.25, -0.2) is 19.2 Å². The van der Waals surface area contributed by atoms with E-state index in [2.05, 4.69) is 14.9 Å². The molecule has 1 fully saturated rings. The van der Waals surface area contributed by atoms with E-state index in [4.69, 9.17) is 4.74 Å². The number of carboxylic acid groups (broad SMARTS) is 1. The third-order valence-electron chi connectivity index (χ3n) is 5.95. The van der Waals surface area contributed by atoms with Gasteiger partial charge in [-0.3, -0.25) is 0 Å². The topological polar surface area (TPSA) is 99.0 Å². The number of carbonyl (C=O) groups is 1. The Hall–Kier alpha value is -3.46. The molecule has 1 atom stereocenters. The van der Waals surface area contributed by atoms with Crippen LogP contribution in [0.3, 0.4) is 0 Å². The Balaban J connectivity index is 1.68. The van der Waals surface area contributed by atoms with Gasteiger partial charge in [-0.05, 0) is 49.1 Å². The number of methoxy groups -OCH3 is 1.